The van der Waals surface area contributed by atoms with Crippen molar-refractivity contribution in [3.8, 4) is 11.3 Å². The molecule has 0 fully saturated rings. The van der Waals surface area contributed by atoms with Crippen molar-refractivity contribution in [2.45, 2.75) is 13.8 Å². The highest BCUT2D eigenvalue weighted by Crippen LogP contribution is 2.31. The largest absolute Gasteiger partial charge is 0.462 e. The first-order chi connectivity index (χ1) is 14.2. The van der Waals surface area contributed by atoms with Gasteiger partial charge in [-0.2, -0.15) is 0 Å². The molecule has 0 aliphatic heterocycles. The van der Waals surface area contributed by atoms with Gasteiger partial charge in [-0.05, 0) is 38.1 Å². The van der Waals surface area contributed by atoms with Gasteiger partial charge in [0.15, 0.2) is 5.82 Å². The van der Waals surface area contributed by atoms with Gasteiger partial charge in [-0.25, -0.2) is 4.79 Å². The van der Waals surface area contributed by atoms with Crippen molar-refractivity contribution in [2.24, 2.45) is 0 Å². The lowest BCUT2D eigenvalue weighted by Gasteiger charge is -2.12. The van der Waals surface area contributed by atoms with Gasteiger partial charge >= 0.3 is 5.97 Å². The number of aryl methyl sites for hydroxylation is 1. The minimum absolute atomic E-state index is 0.327. The number of rotatable bonds is 5. The maximum absolute atomic E-state index is 11.8. The highest BCUT2D eigenvalue weighted by molar-refractivity contribution is 6.01. The van der Waals surface area contributed by atoms with E-state index in [0.717, 1.165) is 27.7 Å². The second-order valence-electron chi connectivity index (χ2n) is 6.73. The summed E-state index contributed by atoms with van der Waals surface area (Å²) >= 11 is 0. The summed E-state index contributed by atoms with van der Waals surface area (Å²) in [6.45, 7) is 4.21. The monoisotopic (exact) mass is 383 g/mol. The summed E-state index contributed by atoms with van der Waals surface area (Å²) in [7, 11) is 0. The molecule has 4 aromatic rings. The number of ether oxygens (including phenoxy) is 1. The molecule has 0 saturated carbocycles. The predicted molar refractivity (Wildman–Crippen MR) is 115 cm³/mol. The summed E-state index contributed by atoms with van der Waals surface area (Å²) in [5.74, 6) is 0.340. The fourth-order valence-corrected chi connectivity index (χ4v) is 3.16. The first-order valence-electron chi connectivity index (χ1n) is 9.52. The first-order valence-corrected chi connectivity index (χ1v) is 9.52. The van der Waals surface area contributed by atoms with Crippen LogP contribution in [0.2, 0.25) is 0 Å². The van der Waals surface area contributed by atoms with Crippen molar-refractivity contribution in [3.05, 3.63) is 83.9 Å². The number of hydrogen-bond acceptors (Lipinski definition) is 5. The molecule has 1 heterocycles. The Hall–Kier alpha value is -3.73. The van der Waals surface area contributed by atoms with Crippen LogP contribution in [0.3, 0.4) is 0 Å². The van der Waals surface area contributed by atoms with Crippen LogP contribution < -0.4 is 5.32 Å². The number of aromatic nitrogens is 2. The van der Waals surface area contributed by atoms with Gasteiger partial charge in [-0.1, -0.05) is 54.1 Å². The summed E-state index contributed by atoms with van der Waals surface area (Å²) in [6, 6.07) is 23.5. The molecule has 4 rings (SSSR count). The van der Waals surface area contributed by atoms with Crippen LogP contribution in [-0.4, -0.2) is 22.8 Å². The molecule has 0 aliphatic carbocycles. The highest BCUT2D eigenvalue weighted by atomic mass is 16.5. The molecular formula is C24H21N3O2. The van der Waals surface area contributed by atoms with Gasteiger partial charge in [-0.15, -0.1) is 10.2 Å². The Morgan fingerprint density at radius 2 is 1.59 bits per heavy atom. The third kappa shape index (κ3) is 3.94. The van der Waals surface area contributed by atoms with E-state index in [1.54, 1.807) is 19.1 Å². The number of hydrogen-bond donors (Lipinski definition) is 1. The Morgan fingerprint density at radius 1 is 0.897 bits per heavy atom. The summed E-state index contributed by atoms with van der Waals surface area (Å²) in [5.41, 5.74) is 4.42. The lowest BCUT2D eigenvalue weighted by molar-refractivity contribution is 0.0526. The third-order valence-electron chi connectivity index (χ3n) is 4.67. The Balaban J connectivity index is 1.68. The number of carbonyl (C=O) groups is 1. The summed E-state index contributed by atoms with van der Waals surface area (Å²) in [6.07, 6.45) is 0. The number of anilines is 2. The second-order valence-corrected chi connectivity index (χ2v) is 6.73. The molecule has 0 unspecified atom stereocenters. The van der Waals surface area contributed by atoms with Crippen LogP contribution in [0.25, 0.3) is 22.0 Å². The van der Waals surface area contributed by atoms with Crippen molar-refractivity contribution in [2.75, 3.05) is 11.9 Å². The maximum Gasteiger partial charge on any atom is 0.338 e. The predicted octanol–water partition coefficient (Wildman–Crippen LogP) is 5.53. The Morgan fingerprint density at radius 3 is 2.28 bits per heavy atom. The van der Waals surface area contributed by atoms with Crippen molar-refractivity contribution < 1.29 is 9.53 Å². The average molecular weight is 383 g/mol. The highest BCUT2D eigenvalue weighted by Gasteiger charge is 2.12. The van der Waals surface area contributed by atoms with E-state index in [2.05, 4.69) is 46.7 Å². The zero-order valence-electron chi connectivity index (χ0n) is 16.3. The third-order valence-corrected chi connectivity index (χ3v) is 4.67. The molecule has 0 radical (unpaired) electrons. The van der Waals surface area contributed by atoms with E-state index in [4.69, 9.17) is 4.74 Å². The van der Waals surface area contributed by atoms with Gasteiger partial charge in [0.05, 0.1) is 12.2 Å². The number of benzene rings is 3. The lowest BCUT2D eigenvalue weighted by Crippen LogP contribution is -2.04. The van der Waals surface area contributed by atoms with E-state index in [9.17, 15) is 4.79 Å². The fourth-order valence-electron chi connectivity index (χ4n) is 3.16. The summed E-state index contributed by atoms with van der Waals surface area (Å²) in [5, 5.41) is 14.2. The van der Waals surface area contributed by atoms with Gasteiger partial charge in [0.2, 0.25) is 0 Å². The minimum Gasteiger partial charge on any atom is -0.462 e. The molecule has 0 spiro atoms. The Kier molecular flexibility index (Phi) is 5.20. The number of carbonyl (C=O) groups excluding carboxylic acids is 1. The van der Waals surface area contributed by atoms with Crippen LogP contribution in [0.4, 0.5) is 11.5 Å². The Bertz CT molecular complexity index is 1150. The van der Waals surface area contributed by atoms with E-state index in [1.165, 1.54) is 5.56 Å². The SMILES string of the molecule is CCOC(=O)c1ccc(Nc2nnc(-c3ccc(C)cc3)c3ccccc23)cc1. The van der Waals surface area contributed by atoms with Crippen molar-refractivity contribution in [1.29, 1.82) is 0 Å². The number of esters is 1. The van der Waals surface area contributed by atoms with Crippen LogP contribution in [-0.2, 0) is 4.74 Å². The molecule has 0 saturated heterocycles. The number of fused-ring (bicyclic) bond motifs is 1. The second kappa shape index (κ2) is 8.10. The zero-order chi connectivity index (χ0) is 20.2. The van der Waals surface area contributed by atoms with Crippen molar-refractivity contribution >= 4 is 28.2 Å². The van der Waals surface area contributed by atoms with E-state index in [0.29, 0.717) is 18.0 Å². The molecule has 144 valence electrons. The molecule has 29 heavy (non-hydrogen) atoms. The first kappa shape index (κ1) is 18.6. The van der Waals surface area contributed by atoms with Gasteiger partial charge in [0, 0.05) is 22.0 Å². The van der Waals surface area contributed by atoms with E-state index < -0.39 is 0 Å². The van der Waals surface area contributed by atoms with Crippen molar-refractivity contribution in [1.82, 2.24) is 10.2 Å². The topological polar surface area (TPSA) is 64.1 Å². The molecule has 0 aliphatic rings. The molecule has 5 heteroatoms. The van der Waals surface area contributed by atoms with E-state index >= 15 is 0 Å². The Labute approximate surface area is 169 Å². The molecule has 5 nitrogen and oxygen atoms in total. The zero-order valence-corrected chi connectivity index (χ0v) is 16.3. The van der Waals surface area contributed by atoms with Crippen LogP contribution in [0.1, 0.15) is 22.8 Å². The molecule has 1 aromatic heterocycles. The normalized spacial score (nSPS) is 10.7. The standard InChI is InChI=1S/C24H21N3O2/c1-3-29-24(28)18-12-14-19(15-13-18)25-23-21-7-5-4-6-20(21)22(26-27-23)17-10-8-16(2)9-11-17/h4-15H,3H2,1-2H3,(H,25,27). The van der Waals surface area contributed by atoms with E-state index in [1.807, 2.05) is 36.4 Å². The minimum atomic E-state index is -0.327. The molecular weight excluding hydrogens is 362 g/mol. The van der Waals surface area contributed by atoms with E-state index in [-0.39, 0.29) is 5.97 Å². The molecule has 0 amide bonds. The van der Waals surface area contributed by atoms with Crippen LogP contribution in [0.15, 0.2) is 72.8 Å². The average Bonchev–Trinajstić information content (AvgIpc) is 2.75. The van der Waals surface area contributed by atoms with Gasteiger partial charge in [0.1, 0.15) is 5.69 Å². The lowest BCUT2D eigenvalue weighted by atomic mass is 10.0. The van der Waals surface area contributed by atoms with Crippen LogP contribution >= 0.6 is 0 Å². The smallest absolute Gasteiger partial charge is 0.338 e. The number of nitrogens with one attached hydrogen (secondary N) is 1. The van der Waals surface area contributed by atoms with Crippen molar-refractivity contribution in [3.63, 3.8) is 0 Å². The molecule has 3 aromatic carbocycles. The molecule has 1 N–H and O–H groups in total. The number of nitrogens with zero attached hydrogens (tertiary/aromatic N) is 2. The van der Waals surface area contributed by atoms with Gasteiger partial charge in [-0.3, -0.25) is 0 Å². The maximum atomic E-state index is 11.8. The summed E-state index contributed by atoms with van der Waals surface area (Å²) < 4.78 is 5.02. The fraction of sp³-hybridized carbons (Fsp3) is 0.125. The van der Waals surface area contributed by atoms with Gasteiger partial charge in [0.25, 0.3) is 0 Å². The summed E-state index contributed by atoms with van der Waals surface area (Å²) in [4.78, 5) is 11.8. The molecule has 0 bridgehead atoms. The quantitative estimate of drug-likeness (QED) is 0.459. The molecule has 0 atom stereocenters. The van der Waals surface area contributed by atoms with Crippen LogP contribution in [0, 0.1) is 6.92 Å². The van der Waals surface area contributed by atoms with Gasteiger partial charge < -0.3 is 10.1 Å². The van der Waals surface area contributed by atoms with Crippen LogP contribution in [0.5, 0.6) is 0 Å².